The summed E-state index contributed by atoms with van der Waals surface area (Å²) >= 11 is 0. The third kappa shape index (κ3) is 3.70. The molecule has 1 saturated heterocycles. The molecule has 0 aromatic heterocycles. The Hall–Kier alpha value is -1.10. The monoisotopic (exact) mass is 241 g/mol. The largest absolute Gasteiger partial charge is 0.345 e. The van der Waals surface area contributed by atoms with Crippen LogP contribution in [0.2, 0.25) is 0 Å². The summed E-state index contributed by atoms with van der Waals surface area (Å²) in [5, 5.41) is 3.20. The van der Waals surface area contributed by atoms with Crippen LogP contribution in [0.3, 0.4) is 0 Å². The number of piperazine rings is 1. The summed E-state index contributed by atoms with van der Waals surface area (Å²) in [6.45, 7) is 6.28. The van der Waals surface area contributed by atoms with Crippen molar-refractivity contribution < 1.29 is 9.59 Å². The van der Waals surface area contributed by atoms with Crippen molar-refractivity contribution in [2.24, 2.45) is 0 Å². The molecule has 1 aliphatic heterocycles. The zero-order valence-corrected chi connectivity index (χ0v) is 11.0. The Morgan fingerprint density at radius 1 is 1.53 bits per heavy atom. The summed E-state index contributed by atoms with van der Waals surface area (Å²) < 4.78 is 0. The Kier molecular flexibility index (Phi) is 5.41. The first-order valence-electron chi connectivity index (χ1n) is 6.36. The maximum Gasteiger partial charge on any atom is 0.241 e. The maximum absolute atomic E-state index is 12.1. The van der Waals surface area contributed by atoms with Gasteiger partial charge in [0.15, 0.2) is 0 Å². The Labute approximate surface area is 103 Å². The topological polar surface area (TPSA) is 52.7 Å². The van der Waals surface area contributed by atoms with E-state index in [0.29, 0.717) is 13.1 Å². The molecule has 98 valence electrons. The SMILES string of the molecule is CCCC1NCCN(CC(=O)N(C)CC)C1=O. The lowest BCUT2D eigenvalue weighted by Crippen LogP contribution is -2.56. The fraction of sp³-hybridized carbons (Fsp3) is 0.833. The number of carbonyl (C=O) groups is 2. The first-order valence-corrected chi connectivity index (χ1v) is 6.36. The average molecular weight is 241 g/mol. The van der Waals surface area contributed by atoms with Crippen LogP contribution in [0, 0.1) is 0 Å². The molecule has 1 N–H and O–H groups in total. The fourth-order valence-electron chi connectivity index (χ4n) is 1.92. The molecular weight excluding hydrogens is 218 g/mol. The van der Waals surface area contributed by atoms with Gasteiger partial charge in [-0.3, -0.25) is 9.59 Å². The van der Waals surface area contributed by atoms with Crippen LogP contribution < -0.4 is 5.32 Å². The lowest BCUT2D eigenvalue weighted by molar-refractivity contribution is -0.142. The Balaban J connectivity index is 2.53. The van der Waals surface area contributed by atoms with Crippen molar-refractivity contribution in [3.05, 3.63) is 0 Å². The molecule has 0 radical (unpaired) electrons. The second-order valence-electron chi connectivity index (χ2n) is 4.46. The molecule has 1 heterocycles. The maximum atomic E-state index is 12.1. The Morgan fingerprint density at radius 3 is 2.82 bits per heavy atom. The highest BCUT2D eigenvalue weighted by Crippen LogP contribution is 2.07. The zero-order valence-electron chi connectivity index (χ0n) is 11.0. The van der Waals surface area contributed by atoms with Crippen LogP contribution in [0.5, 0.6) is 0 Å². The van der Waals surface area contributed by atoms with Crippen molar-refractivity contribution in [2.45, 2.75) is 32.7 Å². The molecule has 5 heteroatoms. The van der Waals surface area contributed by atoms with Crippen LogP contribution >= 0.6 is 0 Å². The first-order chi connectivity index (χ1) is 8.10. The zero-order chi connectivity index (χ0) is 12.8. The van der Waals surface area contributed by atoms with Crippen molar-refractivity contribution in [3.8, 4) is 0 Å². The van der Waals surface area contributed by atoms with Crippen molar-refractivity contribution in [2.75, 3.05) is 33.2 Å². The van der Waals surface area contributed by atoms with E-state index in [2.05, 4.69) is 12.2 Å². The molecule has 0 aromatic carbocycles. The highest BCUT2D eigenvalue weighted by atomic mass is 16.2. The van der Waals surface area contributed by atoms with E-state index in [-0.39, 0.29) is 24.4 Å². The highest BCUT2D eigenvalue weighted by molar-refractivity contribution is 5.88. The molecule has 1 unspecified atom stereocenters. The Bertz CT molecular complexity index is 279. The van der Waals surface area contributed by atoms with Crippen molar-refractivity contribution in [3.63, 3.8) is 0 Å². The van der Waals surface area contributed by atoms with Crippen molar-refractivity contribution in [1.29, 1.82) is 0 Å². The molecule has 0 spiro atoms. The predicted molar refractivity (Wildman–Crippen MR) is 66.6 cm³/mol. The molecule has 1 atom stereocenters. The average Bonchev–Trinajstić information content (AvgIpc) is 2.33. The van der Waals surface area contributed by atoms with Gasteiger partial charge in [0.05, 0.1) is 12.6 Å². The number of rotatable bonds is 5. The summed E-state index contributed by atoms with van der Waals surface area (Å²) in [6.07, 6.45) is 1.81. The van der Waals surface area contributed by atoms with Gasteiger partial charge in [0.25, 0.3) is 0 Å². The molecule has 17 heavy (non-hydrogen) atoms. The van der Waals surface area contributed by atoms with E-state index in [9.17, 15) is 9.59 Å². The van der Waals surface area contributed by atoms with E-state index in [0.717, 1.165) is 19.4 Å². The van der Waals surface area contributed by atoms with E-state index in [1.165, 1.54) is 0 Å². The molecular formula is C12H23N3O2. The second-order valence-corrected chi connectivity index (χ2v) is 4.46. The minimum absolute atomic E-state index is 0.0120. The van der Waals surface area contributed by atoms with E-state index in [4.69, 9.17) is 0 Å². The normalized spacial score (nSPS) is 20.5. The van der Waals surface area contributed by atoms with Crippen LogP contribution in [-0.4, -0.2) is 60.9 Å². The number of hydrogen-bond acceptors (Lipinski definition) is 3. The number of amides is 2. The minimum atomic E-state index is -0.103. The minimum Gasteiger partial charge on any atom is -0.345 e. The predicted octanol–water partition coefficient (Wildman–Crippen LogP) is 0.0652. The lowest BCUT2D eigenvalue weighted by Gasteiger charge is -2.33. The van der Waals surface area contributed by atoms with E-state index in [1.807, 2.05) is 6.92 Å². The van der Waals surface area contributed by atoms with Gasteiger partial charge < -0.3 is 15.1 Å². The van der Waals surface area contributed by atoms with Crippen LogP contribution in [0.15, 0.2) is 0 Å². The molecule has 2 amide bonds. The first kappa shape index (κ1) is 14.0. The van der Waals surface area contributed by atoms with Crippen LogP contribution in [-0.2, 0) is 9.59 Å². The third-order valence-electron chi connectivity index (χ3n) is 3.19. The summed E-state index contributed by atoms with van der Waals surface area (Å²) in [5.74, 6) is 0.0777. The van der Waals surface area contributed by atoms with Gasteiger partial charge in [-0.1, -0.05) is 13.3 Å². The summed E-state index contributed by atoms with van der Waals surface area (Å²) in [4.78, 5) is 27.1. The standard InChI is InChI=1S/C12H23N3O2/c1-4-6-10-12(17)15(8-7-13-10)9-11(16)14(3)5-2/h10,13H,4-9H2,1-3H3. The number of carbonyl (C=O) groups excluding carboxylic acids is 2. The number of hydrogen-bond donors (Lipinski definition) is 1. The fourth-order valence-corrected chi connectivity index (χ4v) is 1.92. The van der Waals surface area contributed by atoms with Crippen LogP contribution in [0.25, 0.3) is 0 Å². The van der Waals surface area contributed by atoms with E-state index in [1.54, 1.807) is 16.8 Å². The quantitative estimate of drug-likeness (QED) is 0.741. The van der Waals surface area contributed by atoms with Crippen molar-refractivity contribution in [1.82, 2.24) is 15.1 Å². The van der Waals surface area contributed by atoms with Crippen molar-refractivity contribution >= 4 is 11.8 Å². The van der Waals surface area contributed by atoms with E-state index >= 15 is 0 Å². The van der Waals surface area contributed by atoms with Gasteiger partial charge in [-0.15, -0.1) is 0 Å². The highest BCUT2D eigenvalue weighted by Gasteiger charge is 2.29. The summed E-state index contributed by atoms with van der Waals surface area (Å²) in [7, 11) is 1.76. The van der Waals surface area contributed by atoms with Crippen LogP contribution in [0.1, 0.15) is 26.7 Å². The van der Waals surface area contributed by atoms with Gasteiger partial charge >= 0.3 is 0 Å². The molecule has 0 aliphatic carbocycles. The summed E-state index contributed by atoms with van der Waals surface area (Å²) in [5.41, 5.74) is 0. The number of nitrogens with zero attached hydrogens (tertiary/aromatic N) is 2. The molecule has 0 saturated carbocycles. The van der Waals surface area contributed by atoms with Gasteiger partial charge in [-0.25, -0.2) is 0 Å². The number of likely N-dealkylation sites (N-methyl/N-ethyl adjacent to an activating group) is 1. The van der Waals surface area contributed by atoms with Crippen LogP contribution in [0.4, 0.5) is 0 Å². The molecule has 0 bridgehead atoms. The summed E-state index contributed by atoms with van der Waals surface area (Å²) in [6, 6.07) is -0.103. The molecule has 5 nitrogen and oxygen atoms in total. The lowest BCUT2D eigenvalue weighted by atomic mass is 10.1. The van der Waals surface area contributed by atoms with Gasteiger partial charge in [-0.05, 0) is 13.3 Å². The number of nitrogens with one attached hydrogen (secondary N) is 1. The molecule has 1 aliphatic rings. The van der Waals surface area contributed by atoms with Gasteiger partial charge in [-0.2, -0.15) is 0 Å². The molecule has 1 fully saturated rings. The third-order valence-corrected chi connectivity index (χ3v) is 3.19. The smallest absolute Gasteiger partial charge is 0.241 e. The second kappa shape index (κ2) is 6.59. The van der Waals surface area contributed by atoms with E-state index < -0.39 is 0 Å². The van der Waals surface area contributed by atoms with Gasteiger partial charge in [0, 0.05) is 26.7 Å². The van der Waals surface area contributed by atoms with Gasteiger partial charge in [0.2, 0.25) is 11.8 Å². The molecule has 1 rings (SSSR count). The van der Waals surface area contributed by atoms with Gasteiger partial charge in [0.1, 0.15) is 0 Å². The molecule has 0 aromatic rings. The Morgan fingerprint density at radius 2 is 2.24 bits per heavy atom.